The van der Waals surface area contributed by atoms with E-state index in [0.717, 1.165) is 11.1 Å². The summed E-state index contributed by atoms with van der Waals surface area (Å²) >= 11 is 0. The quantitative estimate of drug-likeness (QED) is 0.675. The Balaban J connectivity index is 2.02. The van der Waals surface area contributed by atoms with Crippen LogP contribution in [0.3, 0.4) is 0 Å². The van der Waals surface area contributed by atoms with Crippen LogP contribution in [-0.2, 0) is 16.1 Å². The minimum atomic E-state index is -0.778. The van der Waals surface area contributed by atoms with Crippen LogP contribution >= 0.6 is 0 Å². The van der Waals surface area contributed by atoms with E-state index >= 15 is 0 Å². The van der Waals surface area contributed by atoms with Gasteiger partial charge in [0.05, 0.1) is 5.69 Å². The highest BCUT2D eigenvalue weighted by atomic mass is 16.3. The Labute approximate surface area is 129 Å². The molecule has 2 N–H and O–H groups in total. The summed E-state index contributed by atoms with van der Waals surface area (Å²) in [7, 11) is 1.56. The minimum Gasteiger partial charge on any atom is -0.506 e. The number of amides is 2. The molecule has 0 saturated carbocycles. The molecular formula is C17H18N2O3. The highest BCUT2D eigenvalue weighted by Crippen LogP contribution is 2.23. The molecule has 5 nitrogen and oxygen atoms in total. The first-order chi connectivity index (χ1) is 10.5. The molecule has 2 amide bonds. The van der Waals surface area contributed by atoms with Crippen molar-refractivity contribution < 1.29 is 14.7 Å². The fourth-order valence-corrected chi connectivity index (χ4v) is 2.03. The van der Waals surface area contributed by atoms with Gasteiger partial charge in [-0.25, -0.2) is 0 Å². The molecular weight excluding hydrogens is 280 g/mol. The van der Waals surface area contributed by atoms with Crippen LogP contribution in [0.4, 0.5) is 5.69 Å². The van der Waals surface area contributed by atoms with E-state index in [-0.39, 0.29) is 11.4 Å². The number of nitrogens with one attached hydrogen (secondary N) is 1. The van der Waals surface area contributed by atoms with Crippen molar-refractivity contribution in [1.29, 1.82) is 0 Å². The number of aryl methyl sites for hydroxylation is 1. The highest BCUT2D eigenvalue weighted by Gasteiger charge is 2.20. The lowest BCUT2D eigenvalue weighted by Gasteiger charge is -2.17. The topological polar surface area (TPSA) is 69.6 Å². The van der Waals surface area contributed by atoms with E-state index in [0.29, 0.717) is 6.54 Å². The molecule has 0 aliphatic heterocycles. The summed E-state index contributed by atoms with van der Waals surface area (Å²) in [6, 6.07) is 14.2. The van der Waals surface area contributed by atoms with Gasteiger partial charge in [0.25, 0.3) is 0 Å². The third-order valence-electron chi connectivity index (χ3n) is 3.20. The molecule has 0 heterocycles. The zero-order valence-corrected chi connectivity index (χ0v) is 12.5. The number of rotatable bonds is 3. The molecule has 0 spiro atoms. The summed E-state index contributed by atoms with van der Waals surface area (Å²) in [6.07, 6.45) is 0. The molecule has 2 aromatic carbocycles. The number of likely N-dealkylation sites (N-methyl/N-ethyl adjacent to an activating group) is 1. The molecule has 0 radical (unpaired) electrons. The number of benzene rings is 2. The molecule has 0 aliphatic rings. The summed E-state index contributed by atoms with van der Waals surface area (Å²) in [5.41, 5.74) is 2.04. The number of aromatic hydroxyl groups is 1. The summed E-state index contributed by atoms with van der Waals surface area (Å²) < 4.78 is 0. The van der Waals surface area contributed by atoms with Gasteiger partial charge in [0.1, 0.15) is 5.75 Å². The maximum atomic E-state index is 12.1. The van der Waals surface area contributed by atoms with Crippen LogP contribution in [-0.4, -0.2) is 28.9 Å². The number of carbonyl (C=O) groups excluding carboxylic acids is 2. The van der Waals surface area contributed by atoms with Crippen LogP contribution < -0.4 is 5.32 Å². The van der Waals surface area contributed by atoms with Crippen LogP contribution in [0.1, 0.15) is 11.1 Å². The minimum absolute atomic E-state index is 0.0718. The van der Waals surface area contributed by atoms with Gasteiger partial charge in [-0.05, 0) is 30.2 Å². The number of hydrogen-bond donors (Lipinski definition) is 2. The number of nitrogens with zero attached hydrogens (tertiary/aromatic N) is 1. The largest absolute Gasteiger partial charge is 0.506 e. The van der Waals surface area contributed by atoms with Crippen LogP contribution in [0, 0.1) is 6.92 Å². The molecule has 0 unspecified atom stereocenters. The number of hydrogen-bond acceptors (Lipinski definition) is 3. The predicted octanol–water partition coefficient (Wildman–Crippen LogP) is 2.30. The lowest BCUT2D eigenvalue weighted by Crippen LogP contribution is -2.36. The summed E-state index contributed by atoms with van der Waals surface area (Å²) in [6.45, 7) is 2.17. The third kappa shape index (κ3) is 3.85. The second-order valence-electron chi connectivity index (χ2n) is 5.12. The highest BCUT2D eigenvalue weighted by molar-refractivity contribution is 6.39. The molecule has 0 aromatic heterocycles. The molecule has 2 rings (SSSR count). The van der Waals surface area contributed by atoms with Crippen molar-refractivity contribution in [2.45, 2.75) is 13.5 Å². The number of anilines is 1. The zero-order chi connectivity index (χ0) is 16.1. The standard InChI is InChI=1S/C17H18N2O3/c1-12-8-9-15(20)14(10-12)18-16(21)17(22)19(2)11-13-6-4-3-5-7-13/h3-10,20H,11H2,1-2H3,(H,18,21). The Morgan fingerprint density at radius 2 is 1.82 bits per heavy atom. The smallest absolute Gasteiger partial charge is 0.314 e. The molecule has 114 valence electrons. The van der Waals surface area contributed by atoms with E-state index in [1.807, 2.05) is 37.3 Å². The Morgan fingerprint density at radius 3 is 2.50 bits per heavy atom. The molecule has 0 fully saturated rings. The number of carbonyl (C=O) groups is 2. The normalized spacial score (nSPS) is 10.1. The third-order valence-corrected chi connectivity index (χ3v) is 3.20. The summed E-state index contributed by atoms with van der Waals surface area (Å²) in [5.74, 6) is -1.51. The molecule has 0 saturated heterocycles. The molecule has 0 aliphatic carbocycles. The van der Waals surface area contributed by atoms with Gasteiger partial charge < -0.3 is 15.3 Å². The fourth-order valence-electron chi connectivity index (χ4n) is 2.03. The fraction of sp³-hybridized carbons (Fsp3) is 0.176. The molecule has 0 atom stereocenters. The van der Waals surface area contributed by atoms with Crippen molar-refractivity contribution in [3.05, 3.63) is 59.7 Å². The maximum Gasteiger partial charge on any atom is 0.314 e. The van der Waals surface area contributed by atoms with Gasteiger partial charge in [0.2, 0.25) is 0 Å². The Hall–Kier alpha value is -2.82. The monoisotopic (exact) mass is 298 g/mol. The first kappa shape index (κ1) is 15.6. The van der Waals surface area contributed by atoms with Gasteiger partial charge in [-0.1, -0.05) is 36.4 Å². The molecule has 22 heavy (non-hydrogen) atoms. The van der Waals surface area contributed by atoms with Crippen LogP contribution in [0.2, 0.25) is 0 Å². The van der Waals surface area contributed by atoms with Crippen LogP contribution in [0.15, 0.2) is 48.5 Å². The van der Waals surface area contributed by atoms with Crippen molar-refractivity contribution in [1.82, 2.24) is 4.90 Å². The van der Waals surface area contributed by atoms with Gasteiger partial charge in [0, 0.05) is 13.6 Å². The maximum absolute atomic E-state index is 12.1. The SMILES string of the molecule is Cc1ccc(O)c(NC(=O)C(=O)N(C)Cc2ccccc2)c1. The van der Waals surface area contributed by atoms with Gasteiger partial charge in [-0.3, -0.25) is 9.59 Å². The van der Waals surface area contributed by atoms with Crippen LogP contribution in [0.5, 0.6) is 5.75 Å². The Bertz CT molecular complexity index is 684. The first-order valence-corrected chi connectivity index (χ1v) is 6.87. The average Bonchev–Trinajstić information content (AvgIpc) is 2.51. The van der Waals surface area contributed by atoms with E-state index in [2.05, 4.69) is 5.32 Å². The van der Waals surface area contributed by atoms with Crippen molar-refractivity contribution in [2.24, 2.45) is 0 Å². The summed E-state index contributed by atoms with van der Waals surface area (Å²) in [5, 5.41) is 12.1. The second-order valence-corrected chi connectivity index (χ2v) is 5.12. The van der Waals surface area contributed by atoms with E-state index in [1.165, 1.54) is 11.0 Å². The van der Waals surface area contributed by atoms with Crippen LogP contribution in [0.25, 0.3) is 0 Å². The Kier molecular flexibility index (Phi) is 4.78. The Morgan fingerprint density at radius 1 is 1.14 bits per heavy atom. The molecule has 0 bridgehead atoms. The van der Waals surface area contributed by atoms with E-state index in [9.17, 15) is 14.7 Å². The van der Waals surface area contributed by atoms with E-state index in [1.54, 1.807) is 19.2 Å². The van der Waals surface area contributed by atoms with Crippen molar-refractivity contribution in [2.75, 3.05) is 12.4 Å². The molecule has 2 aromatic rings. The lowest BCUT2D eigenvalue weighted by molar-refractivity contribution is -0.142. The van der Waals surface area contributed by atoms with Gasteiger partial charge in [-0.15, -0.1) is 0 Å². The van der Waals surface area contributed by atoms with Crippen molar-refractivity contribution in [3.8, 4) is 5.75 Å². The summed E-state index contributed by atoms with van der Waals surface area (Å²) in [4.78, 5) is 25.4. The van der Waals surface area contributed by atoms with E-state index < -0.39 is 11.8 Å². The second kappa shape index (κ2) is 6.76. The number of phenolic OH excluding ortho intramolecular Hbond substituents is 1. The number of phenols is 1. The zero-order valence-electron chi connectivity index (χ0n) is 12.5. The lowest BCUT2D eigenvalue weighted by atomic mass is 10.2. The van der Waals surface area contributed by atoms with Crippen molar-refractivity contribution >= 4 is 17.5 Å². The first-order valence-electron chi connectivity index (χ1n) is 6.87. The predicted molar refractivity (Wildman–Crippen MR) is 84.4 cm³/mol. The van der Waals surface area contributed by atoms with Gasteiger partial charge >= 0.3 is 11.8 Å². The van der Waals surface area contributed by atoms with Crippen molar-refractivity contribution in [3.63, 3.8) is 0 Å². The average molecular weight is 298 g/mol. The molecule has 5 heteroatoms. The van der Waals surface area contributed by atoms with E-state index in [4.69, 9.17) is 0 Å². The van der Waals surface area contributed by atoms with Gasteiger partial charge in [0.15, 0.2) is 0 Å². The van der Waals surface area contributed by atoms with Gasteiger partial charge in [-0.2, -0.15) is 0 Å².